The largest absolute Gasteiger partial charge is 0.489 e. The van der Waals surface area contributed by atoms with Crippen LogP contribution in [-0.4, -0.2) is 19.8 Å². The number of halogens is 1. The van der Waals surface area contributed by atoms with E-state index in [1.807, 2.05) is 42.5 Å². The van der Waals surface area contributed by atoms with Gasteiger partial charge in [0.1, 0.15) is 12.4 Å². The van der Waals surface area contributed by atoms with Crippen LogP contribution in [0.2, 0.25) is 5.02 Å². The van der Waals surface area contributed by atoms with Gasteiger partial charge in [0.05, 0.1) is 0 Å². The fourth-order valence-electron chi connectivity index (χ4n) is 4.10. The summed E-state index contributed by atoms with van der Waals surface area (Å²) in [7, 11) is -0.511. The lowest BCUT2D eigenvalue weighted by atomic mass is 9.88. The number of nitrogens with two attached hydrogens (primary N) is 1. The molecule has 0 bridgehead atoms. The van der Waals surface area contributed by atoms with Gasteiger partial charge in [-0.3, -0.25) is 4.57 Å². The van der Waals surface area contributed by atoms with Gasteiger partial charge in [-0.1, -0.05) is 85.2 Å². The highest BCUT2D eigenvalue weighted by Gasteiger charge is 2.24. The van der Waals surface area contributed by atoms with Gasteiger partial charge < -0.3 is 19.5 Å². The Bertz CT molecular complexity index is 1230. The van der Waals surface area contributed by atoms with Crippen LogP contribution in [0.4, 0.5) is 0 Å². The van der Waals surface area contributed by atoms with E-state index in [9.17, 15) is 4.57 Å². The first-order valence-corrected chi connectivity index (χ1v) is 15.5. The van der Waals surface area contributed by atoms with Crippen molar-refractivity contribution in [2.45, 2.75) is 61.0 Å². The highest BCUT2D eigenvalue weighted by Crippen LogP contribution is 2.48. The van der Waals surface area contributed by atoms with E-state index >= 15 is 0 Å². The SMILES string of the molecule is CCCC(N)(C=CP(=O)(OC)OC)CCCc1ccc(Sc2cccc(OCc3ccccc3)c2)cc1Cl. The molecule has 0 saturated heterocycles. The summed E-state index contributed by atoms with van der Waals surface area (Å²) in [6.07, 6.45) is 5.84. The van der Waals surface area contributed by atoms with Crippen LogP contribution in [0.25, 0.3) is 0 Å². The van der Waals surface area contributed by atoms with Gasteiger partial charge in [-0.15, -0.1) is 0 Å². The Morgan fingerprint density at radius 1 is 0.974 bits per heavy atom. The minimum atomic E-state index is -3.25. The second kappa shape index (κ2) is 14.9. The lowest BCUT2D eigenvalue weighted by Gasteiger charge is -2.26. The molecule has 3 rings (SSSR count). The zero-order chi connectivity index (χ0) is 27.4. The third-order valence-electron chi connectivity index (χ3n) is 6.22. The van der Waals surface area contributed by atoms with Crippen molar-refractivity contribution in [2.24, 2.45) is 5.73 Å². The number of aryl methyl sites for hydroxylation is 1. The Balaban J connectivity index is 1.57. The topological polar surface area (TPSA) is 70.8 Å². The summed E-state index contributed by atoms with van der Waals surface area (Å²) in [5.74, 6) is 2.31. The number of ether oxygens (including phenoxy) is 1. The van der Waals surface area contributed by atoms with E-state index in [0.717, 1.165) is 63.8 Å². The first-order valence-electron chi connectivity index (χ1n) is 12.7. The third kappa shape index (κ3) is 9.60. The van der Waals surface area contributed by atoms with Gasteiger partial charge in [0.25, 0.3) is 0 Å². The molecule has 0 fully saturated rings. The highest BCUT2D eigenvalue weighted by molar-refractivity contribution is 7.99. The van der Waals surface area contributed by atoms with E-state index in [4.69, 9.17) is 31.1 Å². The van der Waals surface area contributed by atoms with Gasteiger partial charge in [-0.25, -0.2) is 0 Å². The van der Waals surface area contributed by atoms with Gasteiger partial charge >= 0.3 is 7.60 Å². The van der Waals surface area contributed by atoms with Crippen molar-refractivity contribution in [3.8, 4) is 5.75 Å². The number of hydrogen-bond acceptors (Lipinski definition) is 6. The fourth-order valence-corrected chi connectivity index (χ4v) is 6.22. The molecule has 0 aromatic heterocycles. The molecule has 3 aromatic rings. The van der Waals surface area contributed by atoms with Crippen LogP contribution in [-0.2, 0) is 26.6 Å². The maximum atomic E-state index is 12.4. The molecule has 0 saturated carbocycles. The predicted molar refractivity (Wildman–Crippen MR) is 158 cm³/mol. The van der Waals surface area contributed by atoms with Gasteiger partial charge in [0, 0.05) is 40.4 Å². The maximum Gasteiger partial charge on any atom is 0.353 e. The summed E-state index contributed by atoms with van der Waals surface area (Å²) < 4.78 is 28.4. The van der Waals surface area contributed by atoms with Crippen LogP contribution in [0.1, 0.15) is 43.7 Å². The summed E-state index contributed by atoms with van der Waals surface area (Å²) in [6, 6.07) is 24.4. The molecule has 5 nitrogen and oxygen atoms in total. The van der Waals surface area contributed by atoms with Crippen LogP contribution in [0.15, 0.2) is 94.5 Å². The van der Waals surface area contributed by atoms with Crippen LogP contribution in [0, 0.1) is 0 Å². The summed E-state index contributed by atoms with van der Waals surface area (Å²) >= 11 is 8.31. The average molecular weight is 574 g/mol. The van der Waals surface area contributed by atoms with E-state index < -0.39 is 13.1 Å². The molecule has 0 heterocycles. The highest BCUT2D eigenvalue weighted by atomic mass is 35.5. The molecule has 38 heavy (non-hydrogen) atoms. The van der Waals surface area contributed by atoms with Gasteiger partial charge in [-0.05, 0) is 67.1 Å². The molecule has 1 atom stereocenters. The molecule has 0 aliphatic carbocycles. The van der Waals surface area contributed by atoms with Crippen molar-refractivity contribution in [3.05, 3.63) is 101 Å². The minimum Gasteiger partial charge on any atom is -0.489 e. The standard InChI is InChI=1S/C30H37ClNO4PS/c1-4-17-30(32,19-20-37(33,34-2)35-3)18-9-12-25-15-16-28(22-29(25)31)38-27-14-8-13-26(21-27)36-23-24-10-6-5-7-11-24/h5-8,10-11,13-16,19-22H,4,9,12,17-18,23,32H2,1-3H3. The average Bonchev–Trinajstić information content (AvgIpc) is 2.93. The first kappa shape index (κ1) is 30.5. The number of hydrogen-bond donors (Lipinski definition) is 1. The summed E-state index contributed by atoms with van der Waals surface area (Å²) in [5, 5.41) is 0.739. The molecule has 0 aliphatic heterocycles. The number of benzene rings is 3. The van der Waals surface area contributed by atoms with E-state index in [0.29, 0.717) is 6.61 Å². The molecule has 0 amide bonds. The van der Waals surface area contributed by atoms with E-state index in [1.165, 1.54) is 20.0 Å². The summed E-state index contributed by atoms with van der Waals surface area (Å²) in [6.45, 7) is 2.62. The zero-order valence-electron chi connectivity index (χ0n) is 22.3. The molecule has 0 spiro atoms. The Labute approximate surface area is 236 Å². The van der Waals surface area contributed by atoms with E-state index in [1.54, 1.807) is 17.8 Å². The normalized spacial score (nSPS) is 13.5. The molecule has 8 heteroatoms. The fraction of sp³-hybridized carbons (Fsp3) is 0.333. The van der Waals surface area contributed by atoms with Crippen molar-refractivity contribution in [1.29, 1.82) is 0 Å². The monoisotopic (exact) mass is 573 g/mol. The van der Waals surface area contributed by atoms with Gasteiger partial charge in [0.15, 0.2) is 0 Å². The molecular weight excluding hydrogens is 537 g/mol. The van der Waals surface area contributed by atoms with Crippen LogP contribution >= 0.6 is 31.0 Å². The molecule has 1 unspecified atom stereocenters. The van der Waals surface area contributed by atoms with Crippen molar-refractivity contribution < 1.29 is 18.3 Å². The Morgan fingerprint density at radius 2 is 1.71 bits per heavy atom. The zero-order valence-corrected chi connectivity index (χ0v) is 24.7. The summed E-state index contributed by atoms with van der Waals surface area (Å²) in [4.78, 5) is 2.15. The smallest absolute Gasteiger partial charge is 0.353 e. The lowest BCUT2D eigenvalue weighted by molar-refractivity contribution is 0.285. The van der Waals surface area contributed by atoms with Crippen molar-refractivity contribution in [1.82, 2.24) is 0 Å². The molecule has 0 radical (unpaired) electrons. The molecule has 2 N–H and O–H groups in total. The quantitative estimate of drug-likeness (QED) is 0.183. The number of rotatable bonds is 15. The molecule has 204 valence electrons. The second-order valence-corrected chi connectivity index (χ2v) is 12.8. The van der Waals surface area contributed by atoms with Gasteiger partial charge in [-0.2, -0.15) is 0 Å². The van der Waals surface area contributed by atoms with Crippen LogP contribution in [0.5, 0.6) is 5.75 Å². The Morgan fingerprint density at radius 3 is 2.39 bits per heavy atom. The molecule has 0 aliphatic rings. The van der Waals surface area contributed by atoms with Crippen molar-refractivity contribution in [2.75, 3.05) is 14.2 Å². The Hall–Kier alpha value is -2.05. The molecular formula is C30H37ClNO4PS. The lowest BCUT2D eigenvalue weighted by Crippen LogP contribution is -2.37. The maximum absolute atomic E-state index is 12.4. The predicted octanol–water partition coefficient (Wildman–Crippen LogP) is 8.89. The van der Waals surface area contributed by atoms with Gasteiger partial charge in [0.2, 0.25) is 0 Å². The molecule has 3 aromatic carbocycles. The minimum absolute atomic E-state index is 0.533. The van der Waals surface area contributed by atoms with Crippen LogP contribution in [0.3, 0.4) is 0 Å². The summed E-state index contributed by atoms with van der Waals surface area (Å²) in [5.41, 5.74) is 8.27. The third-order valence-corrected chi connectivity index (χ3v) is 9.08. The second-order valence-electron chi connectivity index (χ2n) is 9.16. The van der Waals surface area contributed by atoms with Crippen molar-refractivity contribution >= 4 is 31.0 Å². The van der Waals surface area contributed by atoms with Crippen molar-refractivity contribution in [3.63, 3.8) is 0 Å². The van der Waals surface area contributed by atoms with E-state index in [2.05, 4.69) is 37.3 Å². The van der Waals surface area contributed by atoms with Crippen LogP contribution < -0.4 is 10.5 Å². The first-order chi connectivity index (χ1) is 18.3. The Kier molecular flexibility index (Phi) is 12.0. The van der Waals surface area contributed by atoms with E-state index in [-0.39, 0.29) is 0 Å².